The fourth-order valence-electron chi connectivity index (χ4n) is 10.0. The summed E-state index contributed by atoms with van der Waals surface area (Å²) in [5, 5.41) is 4.57. The molecule has 0 fully saturated rings. The molecule has 0 bridgehead atoms. The minimum Gasteiger partial charge on any atom is -0.455 e. The predicted octanol–water partition coefficient (Wildman–Crippen LogP) is 17.2. The maximum atomic E-state index is 7.08. The zero-order valence-electron chi connectivity index (χ0n) is 35.2. The van der Waals surface area contributed by atoms with E-state index in [0.717, 1.165) is 50.1 Å². The topological polar surface area (TPSA) is 16.4 Å². The van der Waals surface area contributed by atoms with Crippen molar-refractivity contribution in [3.8, 4) is 55.6 Å². The van der Waals surface area contributed by atoms with Gasteiger partial charge in [0.15, 0.2) is 0 Å². The molecule has 0 atom stereocenters. The van der Waals surface area contributed by atoms with Gasteiger partial charge in [0.1, 0.15) is 11.2 Å². The number of rotatable bonds is 7. The van der Waals surface area contributed by atoms with Crippen molar-refractivity contribution in [1.82, 2.24) is 0 Å². The van der Waals surface area contributed by atoms with E-state index in [2.05, 4.69) is 243 Å². The zero-order chi connectivity index (χ0) is 42.1. The van der Waals surface area contributed by atoms with Crippen LogP contribution in [0.4, 0.5) is 17.1 Å². The highest BCUT2D eigenvalue weighted by molar-refractivity contribution is 6.18. The second-order valence-corrected chi connectivity index (χ2v) is 17.3. The Hall–Kier alpha value is -7.94. The van der Waals surface area contributed by atoms with Gasteiger partial charge >= 0.3 is 0 Å². The minimum absolute atomic E-state index is 0.128. The summed E-state index contributed by atoms with van der Waals surface area (Å²) < 4.78 is 7.08. The molecule has 11 aromatic rings. The molecule has 1 aliphatic carbocycles. The average Bonchev–Trinajstić information content (AvgIpc) is 3.82. The number of hydrogen-bond donors (Lipinski definition) is 0. The highest BCUT2D eigenvalue weighted by Crippen LogP contribution is 2.51. The van der Waals surface area contributed by atoms with Gasteiger partial charge in [-0.05, 0) is 114 Å². The lowest BCUT2D eigenvalue weighted by molar-refractivity contribution is 0.660. The van der Waals surface area contributed by atoms with Gasteiger partial charge in [0.2, 0.25) is 0 Å². The number of anilines is 3. The van der Waals surface area contributed by atoms with Crippen molar-refractivity contribution >= 4 is 49.8 Å². The third-order valence-electron chi connectivity index (χ3n) is 13.3. The van der Waals surface area contributed by atoms with Crippen LogP contribution in [0.3, 0.4) is 0 Å². The van der Waals surface area contributed by atoms with Crippen LogP contribution in [0.2, 0.25) is 0 Å². The van der Waals surface area contributed by atoms with Crippen LogP contribution in [0.1, 0.15) is 25.0 Å². The number of benzene rings is 10. The van der Waals surface area contributed by atoms with Crippen molar-refractivity contribution in [3.63, 3.8) is 0 Å². The second kappa shape index (κ2) is 14.6. The summed E-state index contributed by atoms with van der Waals surface area (Å²) >= 11 is 0. The van der Waals surface area contributed by atoms with Crippen LogP contribution in [-0.4, -0.2) is 0 Å². The number of fused-ring (bicyclic) bond motifs is 7. The molecule has 0 saturated heterocycles. The van der Waals surface area contributed by atoms with Gasteiger partial charge in [-0.1, -0.05) is 190 Å². The van der Waals surface area contributed by atoms with E-state index < -0.39 is 0 Å². The molecule has 10 aromatic carbocycles. The molecule has 1 aliphatic rings. The maximum absolute atomic E-state index is 7.08. The van der Waals surface area contributed by atoms with Crippen molar-refractivity contribution in [3.05, 3.63) is 236 Å². The molecule has 0 N–H and O–H groups in total. The van der Waals surface area contributed by atoms with Crippen molar-refractivity contribution in [2.45, 2.75) is 19.3 Å². The Balaban J connectivity index is 0.978. The third kappa shape index (κ3) is 6.17. The molecule has 0 spiro atoms. The van der Waals surface area contributed by atoms with E-state index in [9.17, 15) is 0 Å². The summed E-state index contributed by atoms with van der Waals surface area (Å²) in [7, 11) is 0. The predicted molar refractivity (Wildman–Crippen MR) is 265 cm³/mol. The summed E-state index contributed by atoms with van der Waals surface area (Å²) in [6.45, 7) is 4.69. The Bertz CT molecular complexity index is 3490. The quantitative estimate of drug-likeness (QED) is 0.160. The molecule has 2 nitrogen and oxygen atoms in total. The van der Waals surface area contributed by atoms with Crippen LogP contribution < -0.4 is 4.90 Å². The highest BCUT2D eigenvalue weighted by Gasteiger charge is 2.35. The Kier molecular flexibility index (Phi) is 8.55. The van der Waals surface area contributed by atoms with Crippen molar-refractivity contribution in [2.75, 3.05) is 4.90 Å². The average molecular weight is 806 g/mol. The van der Waals surface area contributed by atoms with Crippen molar-refractivity contribution in [2.24, 2.45) is 0 Å². The molecule has 0 unspecified atom stereocenters. The molecular weight excluding hydrogens is 763 g/mol. The van der Waals surface area contributed by atoms with E-state index in [1.807, 2.05) is 0 Å². The van der Waals surface area contributed by atoms with Gasteiger partial charge in [0.05, 0.1) is 0 Å². The van der Waals surface area contributed by atoms with E-state index in [-0.39, 0.29) is 5.41 Å². The summed E-state index contributed by atoms with van der Waals surface area (Å²) in [4.78, 5) is 2.38. The van der Waals surface area contributed by atoms with Crippen LogP contribution in [0.5, 0.6) is 0 Å². The fraction of sp³-hybridized carbons (Fsp3) is 0.0492. The maximum Gasteiger partial charge on any atom is 0.143 e. The molecule has 63 heavy (non-hydrogen) atoms. The van der Waals surface area contributed by atoms with E-state index in [0.29, 0.717) is 0 Å². The molecule has 0 aliphatic heterocycles. The van der Waals surface area contributed by atoms with Crippen LogP contribution in [0, 0.1) is 0 Å². The molecule has 0 saturated carbocycles. The van der Waals surface area contributed by atoms with Gasteiger partial charge in [-0.2, -0.15) is 0 Å². The Morgan fingerprint density at radius 2 is 0.841 bits per heavy atom. The molecule has 1 aromatic heterocycles. The monoisotopic (exact) mass is 805 g/mol. The second-order valence-electron chi connectivity index (χ2n) is 17.3. The number of nitrogens with zero attached hydrogens (tertiary/aromatic N) is 1. The first-order valence-electron chi connectivity index (χ1n) is 21.8. The molecule has 2 heteroatoms. The lowest BCUT2D eigenvalue weighted by atomic mass is 9.82. The number of furan rings is 1. The molecule has 0 amide bonds. The SMILES string of the molecule is CC1(C)c2ccccc2-c2ccc(N(c3ccc(-c4ccccc4)cc3)c3ccc4c(c3)oc3c(-c5ccc(-c6ccc(-c7ccccc7)cc6)cc5)c5ccccc5cc34)cc21. The molecular formula is C61H43NO. The van der Waals surface area contributed by atoms with E-state index in [4.69, 9.17) is 4.42 Å². The normalized spacial score (nSPS) is 12.7. The van der Waals surface area contributed by atoms with E-state index in [1.54, 1.807) is 0 Å². The first kappa shape index (κ1) is 36.9. The minimum atomic E-state index is -0.128. The van der Waals surface area contributed by atoms with Crippen molar-refractivity contribution < 1.29 is 4.42 Å². The Morgan fingerprint density at radius 3 is 1.51 bits per heavy atom. The summed E-state index contributed by atoms with van der Waals surface area (Å²) in [5.74, 6) is 0. The van der Waals surface area contributed by atoms with Gasteiger partial charge in [-0.15, -0.1) is 0 Å². The highest BCUT2D eigenvalue weighted by atomic mass is 16.3. The smallest absolute Gasteiger partial charge is 0.143 e. The fourth-order valence-corrected chi connectivity index (χ4v) is 10.0. The van der Waals surface area contributed by atoms with Gasteiger partial charge in [-0.3, -0.25) is 0 Å². The Morgan fingerprint density at radius 1 is 0.349 bits per heavy atom. The van der Waals surface area contributed by atoms with Crippen LogP contribution >= 0.6 is 0 Å². The third-order valence-corrected chi connectivity index (χ3v) is 13.3. The van der Waals surface area contributed by atoms with Gasteiger partial charge in [-0.25, -0.2) is 0 Å². The van der Waals surface area contributed by atoms with Crippen LogP contribution in [0.25, 0.3) is 88.3 Å². The van der Waals surface area contributed by atoms with Gasteiger partial charge in [0.25, 0.3) is 0 Å². The van der Waals surface area contributed by atoms with Crippen LogP contribution in [-0.2, 0) is 5.41 Å². The molecule has 1 heterocycles. The van der Waals surface area contributed by atoms with Gasteiger partial charge in [0, 0.05) is 44.9 Å². The summed E-state index contributed by atoms with van der Waals surface area (Å²) in [6.07, 6.45) is 0. The molecule has 12 rings (SSSR count). The Labute approximate surface area is 368 Å². The lowest BCUT2D eigenvalue weighted by Crippen LogP contribution is -2.16. The van der Waals surface area contributed by atoms with Crippen LogP contribution in [0.15, 0.2) is 229 Å². The van der Waals surface area contributed by atoms with Crippen molar-refractivity contribution in [1.29, 1.82) is 0 Å². The number of hydrogen-bond acceptors (Lipinski definition) is 2. The summed E-state index contributed by atoms with van der Waals surface area (Å²) in [6, 6.07) is 81.4. The largest absolute Gasteiger partial charge is 0.455 e. The lowest BCUT2D eigenvalue weighted by Gasteiger charge is -2.28. The van der Waals surface area contributed by atoms with E-state index >= 15 is 0 Å². The van der Waals surface area contributed by atoms with Gasteiger partial charge < -0.3 is 9.32 Å². The summed E-state index contributed by atoms with van der Waals surface area (Å²) in [5.41, 5.74) is 19.6. The first-order valence-corrected chi connectivity index (χ1v) is 21.8. The van der Waals surface area contributed by atoms with E-state index in [1.165, 1.54) is 66.4 Å². The zero-order valence-corrected chi connectivity index (χ0v) is 35.2. The molecule has 298 valence electrons. The molecule has 0 radical (unpaired) electrons. The standard InChI is InChI=1S/C61H43NO/c1-61(2)56-20-12-11-19-52(56)53-35-33-49(38-57(53)61)62(48-31-29-45(30-32-48)41-15-7-4-8-16-41)50-34-36-54-55-37-47-17-9-10-18-51(47)59(60(55)63-58(54)39-50)46-27-25-44(26-28-46)43-23-21-42(22-24-43)40-13-5-3-6-14-40/h3-39H,1-2H3. The first-order chi connectivity index (χ1) is 31.0.